The van der Waals surface area contributed by atoms with Crippen LogP contribution in [0.4, 0.5) is 4.39 Å². The Morgan fingerprint density at radius 1 is 1.06 bits per heavy atom. The zero-order valence-electron chi connectivity index (χ0n) is 8.99. The van der Waals surface area contributed by atoms with Gasteiger partial charge >= 0.3 is 0 Å². The van der Waals surface area contributed by atoms with Crippen LogP contribution in [0, 0.1) is 5.82 Å². The van der Waals surface area contributed by atoms with Crippen molar-refractivity contribution in [1.82, 2.24) is 0 Å². The van der Waals surface area contributed by atoms with Crippen molar-refractivity contribution in [3.63, 3.8) is 0 Å². The molecule has 0 saturated carbocycles. The summed E-state index contributed by atoms with van der Waals surface area (Å²) in [5.41, 5.74) is 0.222. The van der Waals surface area contributed by atoms with Gasteiger partial charge in [-0.3, -0.25) is 4.79 Å². The van der Waals surface area contributed by atoms with E-state index in [0.29, 0.717) is 6.29 Å². The Kier molecular flexibility index (Phi) is 3.84. The van der Waals surface area contributed by atoms with Crippen molar-refractivity contribution >= 4 is 29.5 Å². The molecular weight excluding hydrogens is 278 g/mol. The summed E-state index contributed by atoms with van der Waals surface area (Å²) in [4.78, 5) is 10.9. The molecule has 0 aliphatic heterocycles. The Bertz CT molecular complexity index is 600. The summed E-state index contributed by atoms with van der Waals surface area (Å²) in [5.74, 6) is 0.0588. The molecule has 92 valence electrons. The van der Waals surface area contributed by atoms with Gasteiger partial charge in [0, 0.05) is 0 Å². The molecule has 0 heterocycles. The number of halogens is 3. The lowest BCUT2D eigenvalue weighted by Crippen LogP contribution is -1.92. The largest absolute Gasteiger partial charge is 0.455 e. The van der Waals surface area contributed by atoms with Crippen LogP contribution in [0.3, 0.4) is 0 Å². The second kappa shape index (κ2) is 5.38. The predicted octanol–water partition coefficient (Wildman–Crippen LogP) is 4.74. The highest BCUT2D eigenvalue weighted by Crippen LogP contribution is 2.33. The van der Waals surface area contributed by atoms with E-state index in [4.69, 9.17) is 27.9 Å². The molecule has 0 bridgehead atoms. The van der Waals surface area contributed by atoms with Crippen LogP contribution in [-0.4, -0.2) is 6.29 Å². The summed E-state index contributed by atoms with van der Waals surface area (Å²) in [5, 5.41) is 0.396. The van der Waals surface area contributed by atoms with E-state index < -0.39 is 5.82 Å². The first kappa shape index (κ1) is 12.9. The fourth-order valence-corrected chi connectivity index (χ4v) is 1.81. The molecule has 0 spiro atoms. The van der Waals surface area contributed by atoms with Crippen molar-refractivity contribution in [3.8, 4) is 11.5 Å². The van der Waals surface area contributed by atoms with Crippen LogP contribution in [0.1, 0.15) is 10.4 Å². The molecule has 0 fully saturated rings. The zero-order valence-corrected chi connectivity index (χ0v) is 10.5. The molecule has 0 aliphatic rings. The van der Waals surface area contributed by atoms with Crippen LogP contribution in [-0.2, 0) is 0 Å². The SMILES string of the molecule is O=Cc1c(Cl)cccc1Oc1ccc(F)cc1Cl. The molecule has 0 radical (unpaired) electrons. The standard InChI is InChI=1S/C13H7Cl2FO2/c14-10-2-1-3-12(9(10)7-17)18-13-5-4-8(16)6-11(13)15/h1-7H. The molecular formula is C13H7Cl2FO2. The molecule has 0 atom stereocenters. The maximum Gasteiger partial charge on any atom is 0.155 e. The molecule has 0 aliphatic carbocycles. The van der Waals surface area contributed by atoms with Gasteiger partial charge in [0.2, 0.25) is 0 Å². The van der Waals surface area contributed by atoms with Gasteiger partial charge in [0.15, 0.2) is 6.29 Å². The van der Waals surface area contributed by atoms with E-state index in [0.717, 1.165) is 6.07 Å². The van der Waals surface area contributed by atoms with E-state index in [-0.39, 0.29) is 27.1 Å². The van der Waals surface area contributed by atoms with Gasteiger partial charge in [0.25, 0.3) is 0 Å². The van der Waals surface area contributed by atoms with Crippen LogP contribution in [0.25, 0.3) is 0 Å². The minimum Gasteiger partial charge on any atom is -0.455 e. The summed E-state index contributed by atoms with van der Waals surface area (Å²) >= 11 is 11.7. The molecule has 0 aromatic heterocycles. The number of carbonyl (C=O) groups is 1. The monoisotopic (exact) mass is 284 g/mol. The Morgan fingerprint density at radius 2 is 1.83 bits per heavy atom. The van der Waals surface area contributed by atoms with Gasteiger partial charge < -0.3 is 4.74 Å². The molecule has 2 rings (SSSR count). The van der Waals surface area contributed by atoms with Crippen molar-refractivity contribution in [2.45, 2.75) is 0 Å². The Morgan fingerprint density at radius 3 is 2.50 bits per heavy atom. The van der Waals surface area contributed by atoms with Crippen molar-refractivity contribution in [2.24, 2.45) is 0 Å². The fourth-order valence-electron chi connectivity index (χ4n) is 1.40. The van der Waals surface area contributed by atoms with Crippen LogP contribution < -0.4 is 4.74 Å². The predicted molar refractivity (Wildman–Crippen MR) is 68.3 cm³/mol. The van der Waals surface area contributed by atoms with E-state index in [1.165, 1.54) is 12.1 Å². The van der Waals surface area contributed by atoms with Gasteiger partial charge in [-0.15, -0.1) is 0 Å². The molecule has 2 nitrogen and oxygen atoms in total. The molecule has 0 amide bonds. The van der Waals surface area contributed by atoms with E-state index in [2.05, 4.69) is 0 Å². The molecule has 18 heavy (non-hydrogen) atoms. The van der Waals surface area contributed by atoms with Crippen LogP contribution >= 0.6 is 23.2 Å². The Hall–Kier alpha value is -1.58. The second-order valence-corrected chi connectivity index (χ2v) is 4.26. The first-order valence-electron chi connectivity index (χ1n) is 4.98. The third kappa shape index (κ3) is 2.63. The quantitative estimate of drug-likeness (QED) is 0.761. The summed E-state index contributed by atoms with van der Waals surface area (Å²) in [7, 11) is 0. The minimum absolute atomic E-state index is 0.117. The average Bonchev–Trinajstić information content (AvgIpc) is 2.33. The average molecular weight is 285 g/mol. The number of benzene rings is 2. The normalized spacial score (nSPS) is 10.2. The Labute approximate surface area is 113 Å². The summed E-state index contributed by atoms with van der Waals surface area (Å²) in [6, 6.07) is 8.52. The molecule has 0 unspecified atom stereocenters. The van der Waals surface area contributed by atoms with E-state index in [1.54, 1.807) is 18.2 Å². The van der Waals surface area contributed by atoms with Crippen LogP contribution in [0.2, 0.25) is 10.0 Å². The lowest BCUT2D eigenvalue weighted by molar-refractivity contribution is 0.112. The van der Waals surface area contributed by atoms with Gasteiger partial charge in [-0.25, -0.2) is 4.39 Å². The highest BCUT2D eigenvalue weighted by Gasteiger charge is 2.10. The smallest absolute Gasteiger partial charge is 0.155 e. The fraction of sp³-hybridized carbons (Fsp3) is 0. The van der Waals surface area contributed by atoms with Gasteiger partial charge in [-0.1, -0.05) is 29.3 Å². The highest BCUT2D eigenvalue weighted by molar-refractivity contribution is 6.33. The van der Waals surface area contributed by atoms with Gasteiger partial charge in [0.05, 0.1) is 15.6 Å². The van der Waals surface area contributed by atoms with Crippen molar-refractivity contribution in [2.75, 3.05) is 0 Å². The van der Waals surface area contributed by atoms with Gasteiger partial charge in [-0.05, 0) is 30.3 Å². The van der Waals surface area contributed by atoms with Crippen LogP contribution in [0.5, 0.6) is 11.5 Å². The zero-order chi connectivity index (χ0) is 13.1. The topological polar surface area (TPSA) is 26.3 Å². The van der Waals surface area contributed by atoms with E-state index in [1.807, 2.05) is 0 Å². The third-order valence-corrected chi connectivity index (χ3v) is 2.87. The van der Waals surface area contributed by atoms with Crippen molar-refractivity contribution in [1.29, 1.82) is 0 Å². The van der Waals surface area contributed by atoms with Gasteiger partial charge in [-0.2, -0.15) is 0 Å². The molecule has 5 heteroatoms. The molecule has 0 saturated heterocycles. The Balaban J connectivity index is 2.40. The second-order valence-electron chi connectivity index (χ2n) is 3.45. The summed E-state index contributed by atoms with van der Waals surface area (Å²) in [6.07, 6.45) is 0.592. The summed E-state index contributed by atoms with van der Waals surface area (Å²) < 4.78 is 18.3. The first-order chi connectivity index (χ1) is 8.61. The molecule has 2 aromatic rings. The number of rotatable bonds is 3. The maximum atomic E-state index is 12.9. The first-order valence-corrected chi connectivity index (χ1v) is 5.74. The lowest BCUT2D eigenvalue weighted by Gasteiger charge is -2.10. The summed E-state index contributed by atoms with van der Waals surface area (Å²) in [6.45, 7) is 0. The number of aldehydes is 1. The number of carbonyl (C=O) groups excluding carboxylic acids is 1. The van der Waals surface area contributed by atoms with E-state index >= 15 is 0 Å². The molecule has 2 aromatic carbocycles. The third-order valence-electron chi connectivity index (χ3n) is 2.24. The van der Waals surface area contributed by atoms with E-state index in [9.17, 15) is 9.18 Å². The lowest BCUT2D eigenvalue weighted by atomic mass is 10.2. The number of ether oxygens (including phenoxy) is 1. The number of hydrogen-bond acceptors (Lipinski definition) is 2. The van der Waals surface area contributed by atoms with Gasteiger partial charge in [0.1, 0.15) is 17.3 Å². The maximum absolute atomic E-state index is 12.9. The van der Waals surface area contributed by atoms with Crippen molar-refractivity contribution in [3.05, 3.63) is 57.8 Å². The number of hydrogen-bond donors (Lipinski definition) is 0. The molecule has 0 N–H and O–H groups in total. The van der Waals surface area contributed by atoms with Crippen molar-refractivity contribution < 1.29 is 13.9 Å². The van der Waals surface area contributed by atoms with Crippen LogP contribution in [0.15, 0.2) is 36.4 Å². The highest BCUT2D eigenvalue weighted by atomic mass is 35.5. The minimum atomic E-state index is -0.464.